The molecule has 0 bridgehead atoms. The zero-order valence-corrected chi connectivity index (χ0v) is 19.5. The van der Waals surface area contributed by atoms with Gasteiger partial charge in [-0.3, -0.25) is 14.3 Å². The van der Waals surface area contributed by atoms with E-state index in [9.17, 15) is 9.59 Å². The molecule has 1 aliphatic heterocycles. The van der Waals surface area contributed by atoms with E-state index >= 15 is 0 Å². The highest BCUT2D eigenvalue weighted by atomic mass is 32.2. The smallest absolute Gasteiger partial charge is 0.409 e. The second kappa shape index (κ2) is 10.5. The predicted octanol–water partition coefficient (Wildman–Crippen LogP) is 3.03. The topological polar surface area (TPSA) is 93.4 Å². The van der Waals surface area contributed by atoms with Crippen LogP contribution in [0.4, 0.5) is 4.79 Å². The first-order valence-corrected chi connectivity index (χ1v) is 11.8. The van der Waals surface area contributed by atoms with Crippen molar-refractivity contribution in [2.45, 2.75) is 19.0 Å². The van der Waals surface area contributed by atoms with Crippen molar-refractivity contribution in [3.63, 3.8) is 0 Å². The molecule has 2 aromatic heterocycles. The number of hydrogen-bond donors (Lipinski definition) is 0. The number of rotatable bonds is 6. The monoisotopic (exact) mass is 466 g/mol. The number of para-hydroxylation sites is 1. The molecule has 0 spiro atoms. The van der Waals surface area contributed by atoms with Crippen LogP contribution in [0.3, 0.4) is 0 Å². The Balaban J connectivity index is 1.49. The average molecular weight is 467 g/mol. The summed E-state index contributed by atoms with van der Waals surface area (Å²) in [6.07, 6.45) is 3.12. The molecule has 0 aliphatic carbocycles. The fourth-order valence-electron chi connectivity index (χ4n) is 3.65. The Hall–Kier alpha value is -3.40. The number of aryl methyl sites for hydroxylation is 1. The third kappa shape index (κ3) is 5.16. The first-order valence-electron chi connectivity index (χ1n) is 10.8. The van der Waals surface area contributed by atoms with Gasteiger partial charge in [-0.2, -0.15) is 0 Å². The standard InChI is InChI=1S/C23H26N6O3S/c1-3-32-23(31)28-14-12-27(13-15-28)20(30)16-33-22-26-25-21(18-8-10-24-11-9-18)29(22)19-7-5-4-6-17(19)2/h4-11H,3,12-16H2,1-2H3. The van der Waals surface area contributed by atoms with Gasteiger partial charge < -0.3 is 14.5 Å². The molecule has 10 heteroatoms. The molecule has 0 unspecified atom stereocenters. The van der Waals surface area contributed by atoms with E-state index < -0.39 is 0 Å². The number of carbonyl (C=O) groups is 2. The summed E-state index contributed by atoms with van der Waals surface area (Å²) in [5, 5.41) is 9.47. The number of thioether (sulfide) groups is 1. The van der Waals surface area contributed by atoms with Gasteiger partial charge in [-0.05, 0) is 37.6 Å². The number of amides is 2. The van der Waals surface area contributed by atoms with Crippen LogP contribution in [-0.4, -0.2) is 80.1 Å². The van der Waals surface area contributed by atoms with Gasteiger partial charge in [-0.25, -0.2) is 4.79 Å². The van der Waals surface area contributed by atoms with Gasteiger partial charge >= 0.3 is 6.09 Å². The summed E-state index contributed by atoms with van der Waals surface area (Å²) in [5.74, 6) is 0.942. The largest absolute Gasteiger partial charge is 0.450 e. The van der Waals surface area contributed by atoms with Crippen molar-refractivity contribution in [2.24, 2.45) is 0 Å². The summed E-state index contributed by atoms with van der Waals surface area (Å²) >= 11 is 1.36. The maximum absolute atomic E-state index is 12.9. The normalized spacial score (nSPS) is 13.8. The molecule has 0 N–H and O–H groups in total. The number of nitrogens with zero attached hydrogens (tertiary/aromatic N) is 6. The quantitative estimate of drug-likeness (QED) is 0.516. The first-order chi connectivity index (χ1) is 16.1. The number of pyridine rings is 1. The lowest BCUT2D eigenvalue weighted by Gasteiger charge is -2.34. The number of aromatic nitrogens is 4. The van der Waals surface area contributed by atoms with Crippen LogP contribution in [0.25, 0.3) is 17.1 Å². The van der Waals surface area contributed by atoms with E-state index in [-0.39, 0.29) is 17.8 Å². The predicted molar refractivity (Wildman–Crippen MR) is 125 cm³/mol. The highest BCUT2D eigenvalue weighted by Crippen LogP contribution is 2.29. The van der Waals surface area contributed by atoms with Crippen molar-refractivity contribution in [1.82, 2.24) is 29.5 Å². The minimum atomic E-state index is -0.325. The van der Waals surface area contributed by atoms with Gasteiger partial charge in [-0.1, -0.05) is 30.0 Å². The van der Waals surface area contributed by atoms with Gasteiger partial charge in [0, 0.05) is 44.1 Å². The molecule has 0 radical (unpaired) electrons. The molecular formula is C23H26N6O3S. The number of piperazine rings is 1. The van der Waals surface area contributed by atoms with Crippen LogP contribution in [0.1, 0.15) is 12.5 Å². The Kier molecular flexibility index (Phi) is 7.23. The molecule has 9 nitrogen and oxygen atoms in total. The SMILES string of the molecule is CCOC(=O)N1CCN(C(=O)CSc2nnc(-c3ccncc3)n2-c2ccccc2C)CC1. The second-order valence-corrected chi connectivity index (χ2v) is 8.46. The highest BCUT2D eigenvalue weighted by Gasteiger charge is 2.26. The van der Waals surface area contributed by atoms with Gasteiger partial charge in [0.25, 0.3) is 0 Å². The van der Waals surface area contributed by atoms with Crippen molar-refractivity contribution in [2.75, 3.05) is 38.5 Å². The average Bonchev–Trinajstić information content (AvgIpc) is 3.27. The van der Waals surface area contributed by atoms with Crippen LogP contribution < -0.4 is 0 Å². The van der Waals surface area contributed by atoms with Gasteiger partial charge in [-0.15, -0.1) is 10.2 Å². The lowest BCUT2D eigenvalue weighted by atomic mass is 10.2. The fraction of sp³-hybridized carbons (Fsp3) is 0.348. The third-order valence-corrected chi connectivity index (χ3v) is 6.33. The fourth-order valence-corrected chi connectivity index (χ4v) is 4.50. The molecule has 1 fully saturated rings. The van der Waals surface area contributed by atoms with Gasteiger partial charge in [0.1, 0.15) is 0 Å². The summed E-state index contributed by atoms with van der Waals surface area (Å²) in [6, 6.07) is 11.8. The van der Waals surface area contributed by atoms with Crippen LogP contribution in [0, 0.1) is 6.92 Å². The van der Waals surface area contributed by atoms with E-state index in [0.29, 0.717) is 43.8 Å². The van der Waals surface area contributed by atoms with Crippen molar-refractivity contribution in [1.29, 1.82) is 0 Å². The van der Waals surface area contributed by atoms with Crippen LogP contribution >= 0.6 is 11.8 Å². The van der Waals surface area contributed by atoms with Crippen LogP contribution in [0.5, 0.6) is 0 Å². The molecular weight excluding hydrogens is 440 g/mol. The van der Waals surface area contributed by atoms with Crippen molar-refractivity contribution in [3.05, 3.63) is 54.4 Å². The minimum Gasteiger partial charge on any atom is -0.450 e. The Morgan fingerprint density at radius 3 is 2.39 bits per heavy atom. The van der Waals surface area contributed by atoms with Gasteiger partial charge in [0.2, 0.25) is 5.91 Å². The van der Waals surface area contributed by atoms with E-state index in [2.05, 4.69) is 15.2 Å². The molecule has 1 saturated heterocycles. The van der Waals surface area contributed by atoms with E-state index in [1.54, 1.807) is 29.1 Å². The summed E-state index contributed by atoms with van der Waals surface area (Å²) in [7, 11) is 0. The summed E-state index contributed by atoms with van der Waals surface area (Å²) in [6.45, 7) is 6.09. The van der Waals surface area contributed by atoms with Gasteiger partial charge in [0.15, 0.2) is 11.0 Å². The Bertz CT molecular complexity index is 1110. The summed E-state index contributed by atoms with van der Waals surface area (Å²) in [4.78, 5) is 32.3. The molecule has 33 heavy (non-hydrogen) atoms. The number of ether oxygens (including phenoxy) is 1. The Morgan fingerprint density at radius 1 is 1.00 bits per heavy atom. The molecule has 0 atom stereocenters. The summed E-state index contributed by atoms with van der Waals surface area (Å²) < 4.78 is 7.03. The summed E-state index contributed by atoms with van der Waals surface area (Å²) in [5.41, 5.74) is 2.94. The van der Waals surface area contributed by atoms with Crippen molar-refractivity contribution in [3.8, 4) is 17.1 Å². The second-order valence-electron chi connectivity index (χ2n) is 7.52. The highest BCUT2D eigenvalue weighted by molar-refractivity contribution is 7.99. The number of benzene rings is 1. The third-order valence-electron chi connectivity index (χ3n) is 5.41. The molecule has 0 saturated carbocycles. The lowest BCUT2D eigenvalue weighted by molar-refractivity contribution is -0.129. The van der Waals surface area contributed by atoms with Crippen molar-refractivity contribution >= 4 is 23.8 Å². The molecule has 1 aliphatic rings. The van der Waals surface area contributed by atoms with Crippen LogP contribution in [0.2, 0.25) is 0 Å². The number of carbonyl (C=O) groups excluding carboxylic acids is 2. The lowest BCUT2D eigenvalue weighted by Crippen LogP contribution is -2.51. The van der Waals surface area contributed by atoms with Crippen LogP contribution in [0.15, 0.2) is 53.9 Å². The number of hydrogen-bond acceptors (Lipinski definition) is 7. The van der Waals surface area contributed by atoms with E-state index in [1.165, 1.54) is 11.8 Å². The molecule has 172 valence electrons. The molecule has 4 rings (SSSR count). The van der Waals surface area contributed by atoms with Crippen LogP contribution in [-0.2, 0) is 9.53 Å². The Labute approximate surface area is 196 Å². The van der Waals surface area contributed by atoms with E-state index in [1.807, 2.05) is 47.9 Å². The molecule has 2 amide bonds. The van der Waals surface area contributed by atoms with E-state index in [4.69, 9.17) is 4.74 Å². The zero-order valence-electron chi connectivity index (χ0n) is 18.7. The zero-order chi connectivity index (χ0) is 23.2. The first kappa shape index (κ1) is 22.8. The Morgan fingerprint density at radius 2 is 1.70 bits per heavy atom. The maximum atomic E-state index is 12.9. The van der Waals surface area contributed by atoms with Crippen molar-refractivity contribution < 1.29 is 14.3 Å². The van der Waals surface area contributed by atoms with E-state index in [0.717, 1.165) is 16.8 Å². The minimum absolute atomic E-state index is 0.00769. The maximum Gasteiger partial charge on any atom is 0.409 e. The molecule has 3 aromatic rings. The molecule has 3 heterocycles. The molecule has 1 aromatic carbocycles. The van der Waals surface area contributed by atoms with Gasteiger partial charge in [0.05, 0.1) is 18.0 Å².